The highest BCUT2D eigenvalue weighted by molar-refractivity contribution is 5.95. The molecule has 0 saturated carbocycles. The van der Waals surface area contributed by atoms with Crippen LogP contribution in [0.25, 0.3) is 0 Å². The molecule has 1 aromatic carbocycles. The number of amides is 1. The predicted octanol–water partition coefficient (Wildman–Crippen LogP) is 1.97. The Labute approximate surface area is 114 Å². The second-order valence-corrected chi connectivity index (χ2v) is 5.08. The van der Waals surface area contributed by atoms with Gasteiger partial charge in [-0.25, -0.2) is 0 Å². The number of carbonyl (C=O) groups excluding carboxylic acids is 1. The number of rotatable bonds is 7. The number of methoxy groups -OCH3 is 1. The Hall–Kier alpha value is -1.39. The van der Waals surface area contributed by atoms with Gasteiger partial charge in [0.1, 0.15) is 0 Å². The average molecular weight is 265 g/mol. The van der Waals surface area contributed by atoms with Crippen molar-refractivity contribution >= 4 is 5.91 Å². The van der Waals surface area contributed by atoms with Gasteiger partial charge in [0.25, 0.3) is 5.91 Å². The molecule has 0 spiro atoms. The number of hydrogen-bond acceptors (Lipinski definition) is 3. The van der Waals surface area contributed by atoms with Crippen LogP contribution in [-0.4, -0.2) is 30.8 Å². The Morgan fingerprint density at radius 2 is 2.05 bits per heavy atom. The predicted molar refractivity (Wildman–Crippen MR) is 75.0 cm³/mol. The van der Waals surface area contributed by atoms with E-state index in [9.17, 15) is 9.90 Å². The average Bonchev–Trinajstić information content (AvgIpc) is 2.36. The normalized spacial score (nSPS) is 12.5. The van der Waals surface area contributed by atoms with Gasteiger partial charge in [-0.3, -0.25) is 4.79 Å². The molecule has 0 aliphatic carbocycles. The van der Waals surface area contributed by atoms with Gasteiger partial charge in [-0.15, -0.1) is 0 Å². The summed E-state index contributed by atoms with van der Waals surface area (Å²) in [7, 11) is 1.60. The van der Waals surface area contributed by atoms with Gasteiger partial charge in [0, 0.05) is 19.2 Å². The van der Waals surface area contributed by atoms with Crippen molar-refractivity contribution in [1.29, 1.82) is 0 Å². The Kier molecular flexibility index (Phi) is 6.53. The molecule has 106 valence electrons. The van der Waals surface area contributed by atoms with Crippen LogP contribution in [0.3, 0.4) is 0 Å². The van der Waals surface area contributed by atoms with Gasteiger partial charge in [-0.1, -0.05) is 32.0 Å². The van der Waals surface area contributed by atoms with Crippen molar-refractivity contribution in [3.8, 4) is 0 Å². The standard InChI is InChI=1S/C15H23NO3/c1-11(2)8-13(17)9-16-15(18)14-7-5-4-6-12(14)10-19-3/h4-7,11,13,17H,8-10H2,1-3H3,(H,16,18). The van der Waals surface area contributed by atoms with Gasteiger partial charge >= 0.3 is 0 Å². The first-order chi connectivity index (χ1) is 9.04. The lowest BCUT2D eigenvalue weighted by atomic mass is 10.1. The third kappa shape index (κ3) is 5.41. The van der Waals surface area contributed by atoms with Crippen molar-refractivity contribution in [2.24, 2.45) is 5.92 Å². The quantitative estimate of drug-likeness (QED) is 0.792. The SMILES string of the molecule is COCc1ccccc1C(=O)NCC(O)CC(C)C. The van der Waals surface area contributed by atoms with Crippen molar-refractivity contribution in [2.75, 3.05) is 13.7 Å². The maximum absolute atomic E-state index is 12.1. The molecule has 1 atom stereocenters. The number of nitrogens with one attached hydrogen (secondary N) is 1. The van der Waals surface area contributed by atoms with E-state index in [1.54, 1.807) is 13.2 Å². The fourth-order valence-corrected chi connectivity index (χ4v) is 1.96. The number of benzene rings is 1. The first kappa shape index (κ1) is 15.7. The molecular formula is C15H23NO3. The first-order valence-corrected chi connectivity index (χ1v) is 6.57. The van der Waals surface area contributed by atoms with E-state index >= 15 is 0 Å². The second kappa shape index (κ2) is 7.92. The Morgan fingerprint density at radius 1 is 1.37 bits per heavy atom. The van der Waals surface area contributed by atoms with E-state index in [4.69, 9.17) is 4.74 Å². The van der Waals surface area contributed by atoms with E-state index in [1.165, 1.54) is 0 Å². The number of carbonyl (C=O) groups is 1. The summed E-state index contributed by atoms with van der Waals surface area (Å²) in [6.45, 7) is 4.76. The van der Waals surface area contributed by atoms with E-state index in [0.29, 0.717) is 24.5 Å². The number of aliphatic hydroxyl groups excluding tert-OH is 1. The maximum Gasteiger partial charge on any atom is 0.251 e. The molecule has 1 aromatic rings. The molecule has 4 heteroatoms. The third-order valence-corrected chi connectivity index (χ3v) is 2.80. The molecule has 1 unspecified atom stereocenters. The zero-order valence-electron chi connectivity index (χ0n) is 11.8. The van der Waals surface area contributed by atoms with E-state index in [-0.39, 0.29) is 12.5 Å². The molecule has 0 aromatic heterocycles. The number of hydrogen-bond donors (Lipinski definition) is 2. The molecule has 0 aliphatic heterocycles. The summed E-state index contributed by atoms with van der Waals surface area (Å²) in [6.07, 6.45) is 0.179. The maximum atomic E-state index is 12.1. The van der Waals surface area contributed by atoms with Crippen LogP contribution < -0.4 is 5.32 Å². The molecule has 1 amide bonds. The summed E-state index contributed by atoms with van der Waals surface area (Å²) in [5, 5.41) is 12.5. The Morgan fingerprint density at radius 3 is 2.68 bits per heavy atom. The number of ether oxygens (including phenoxy) is 1. The minimum atomic E-state index is -0.501. The van der Waals surface area contributed by atoms with Crippen molar-refractivity contribution < 1.29 is 14.6 Å². The van der Waals surface area contributed by atoms with Crippen molar-refractivity contribution in [3.63, 3.8) is 0 Å². The van der Waals surface area contributed by atoms with Crippen molar-refractivity contribution in [1.82, 2.24) is 5.32 Å². The van der Waals surface area contributed by atoms with Crippen molar-refractivity contribution in [2.45, 2.75) is 33.0 Å². The zero-order chi connectivity index (χ0) is 14.3. The van der Waals surface area contributed by atoms with Crippen LogP contribution in [0.5, 0.6) is 0 Å². The minimum Gasteiger partial charge on any atom is -0.391 e. The van der Waals surface area contributed by atoms with Crippen LogP contribution in [0.15, 0.2) is 24.3 Å². The summed E-state index contributed by atoms with van der Waals surface area (Å²) in [5.74, 6) is 0.239. The number of aliphatic hydroxyl groups is 1. The van der Waals surface area contributed by atoms with Gasteiger partial charge < -0.3 is 15.2 Å². The van der Waals surface area contributed by atoms with Crippen LogP contribution >= 0.6 is 0 Å². The summed E-state index contributed by atoms with van der Waals surface area (Å²) < 4.78 is 5.07. The molecule has 0 bridgehead atoms. The van der Waals surface area contributed by atoms with Crippen LogP contribution in [-0.2, 0) is 11.3 Å². The van der Waals surface area contributed by atoms with Crippen LogP contribution in [0.4, 0.5) is 0 Å². The monoisotopic (exact) mass is 265 g/mol. The molecule has 0 radical (unpaired) electrons. The molecule has 19 heavy (non-hydrogen) atoms. The molecule has 0 fully saturated rings. The van der Waals surface area contributed by atoms with Gasteiger partial charge in [0.15, 0.2) is 0 Å². The summed E-state index contributed by atoms with van der Waals surface area (Å²) in [6, 6.07) is 7.32. The molecule has 1 rings (SSSR count). The lowest BCUT2D eigenvalue weighted by Crippen LogP contribution is -2.33. The third-order valence-electron chi connectivity index (χ3n) is 2.80. The molecule has 2 N–H and O–H groups in total. The highest BCUT2D eigenvalue weighted by atomic mass is 16.5. The summed E-state index contributed by atoms with van der Waals surface area (Å²) >= 11 is 0. The smallest absolute Gasteiger partial charge is 0.251 e. The van der Waals surface area contributed by atoms with Gasteiger partial charge in [0.05, 0.1) is 12.7 Å². The highest BCUT2D eigenvalue weighted by Crippen LogP contribution is 2.10. The topological polar surface area (TPSA) is 58.6 Å². The van der Waals surface area contributed by atoms with E-state index in [1.807, 2.05) is 32.0 Å². The van der Waals surface area contributed by atoms with E-state index in [0.717, 1.165) is 5.56 Å². The lowest BCUT2D eigenvalue weighted by molar-refractivity contribution is 0.0896. The molecular weight excluding hydrogens is 242 g/mol. The lowest BCUT2D eigenvalue weighted by Gasteiger charge is -2.15. The van der Waals surface area contributed by atoms with Crippen molar-refractivity contribution in [3.05, 3.63) is 35.4 Å². The summed E-state index contributed by atoms with van der Waals surface area (Å²) in [5.41, 5.74) is 1.45. The van der Waals surface area contributed by atoms with Gasteiger partial charge in [-0.05, 0) is 24.0 Å². The molecule has 4 nitrogen and oxygen atoms in total. The largest absolute Gasteiger partial charge is 0.391 e. The van der Waals surface area contributed by atoms with Crippen LogP contribution in [0.1, 0.15) is 36.2 Å². The fourth-order valence-electron chi connectivity index (χ4n) is 1.96. The molecule has 0 saturated heterocycles. The van der Waals surface area contributed by atoms with Gasteiger partial charge in [0.2, 0.25) is 0 Å². The van der Waals surface area contributed by atoms with Crippen LogP contribution in [0, 0.1) is 5.92 Å². The fraction of sp³-hybridized carbons (Fsp3) is 0.533. The van der Waals surface area contributed by atoms with E-state index in [2.05, 4.69) is 5.32 Å². The Balaban J connectivity index is 2.58. The minimum absolute atomic E-state index is 0.171. The molecule has 0 heterocycles. The first-order valence-electron chi connectivity index (χ1n) is 6.57. The van der Waals surface area contributed by atoms with Gasteiger partial charge in [-0.2, -0.15) is 0 Å². The highest BCUT2D eigenvalue weighted by Gasteiger charge is 2.13. The summed E-state index contributed by atoms with van der Waals surface area (Å²) in [4.78, 5) is 12.1. The van der Waals surface area contributed by atoms with E-state index < -0.39 is 6.10 Å². The second-order valence-electron chi connectivity index (χ2n) is 5.08. The molecule has 0 aliphatic rings. The Bertz CT molecular complexity index is 404. The zero-order valence-corrected chi connectivity index (χ0v) is 11.8. The van der Waals surface area contributed by atoms with Crippen LogP contribution in [0.2, 0.25) is 0 Å².